The van der Waals surface area contributed by atoms with Crippen molar-refractivity contribution in [3.05, 3.63) is 41.3 Å². The summed E-state index contributed by atoms with van der Waals surface area (Å²) in [5, 5.41) is -0.254. The van der Waals surface area contributed by atoms with Gasteiger partial charge in [-0.25, -0.2) is 4.98 Å². The van der Waals surface area contributed by atoms with Gasteiger partial charge >= 0.3 is 6.18 Å². The average Bonchev–Trinajstić information content (AvgIpc) is 2.37. The molecule has 0 atom stereocenters. The molecule has 8 heteroatoms. The van der Waals surface area contributed by atoms with Crippen LogP contribution in [0.4, 0.5) is 30.4 Å². The second-order valence-corrected chi connectivity index (χ2v) is 4.36. The molecule has 0 aliphatic heterocycles. The lowest BCUT2D eigenvalue weighted by Gasteiger charge is -2.22. The summed E-state index contributed by atoms with van der Waals surface area (Å²) in [6.45, 7) is 0. The molecule has 0 spiro atoms. The Morgan fingerprint density at radius 3 is 2.35 bits per heavy atom. The van der Waals surface area contributed by atoms with Gasteiger partial charge in [0.1, 0.15) is 11.4 Å². The van der Waals surface area contributed by atoms with Crippen molar-refractivity contribution >= 4 is 28.8 Å². The van der Waals surface area contributed by atoms with Crippen molar-refractivity contribution < 1.29 is 13.2 Å². The summed E-state index contributed by atoms with van der Waals surface area (Å²) < 4.78 is 38.9. The highest BCUT2D eigenvalue weighted by atomic mass is 35.5. The van der Waals surface area contributed by atoms with Crippen molar-refractivity contribution in [2.45, 2.75) is 6.18 Å². The molecule has 106 valence electrons. The van der Waals surface area contributed by atoms with Gasteiger partial charge in [-0.2, -0.15) is 18.2 Å². The summed E-state index contributed by atoms with van der Waals surface area (Å²) in [6, 6.07) is 6.35. The first kappa shape index (κ1) is 14.4. The zero-order chi connectivity index (χ0) is 14.9. The molecule has 1 aromatic heterocycles. The number of hydrogen-bond donors (Lipinski definition) is 1. The Bertz CT molecular complexity index is 613. The van der Waals surface area contributed by atoms with E-state index >= 15 is 0 Å². The van der Waals surface area contributed by atoms with Gasteiger partial charge in [0.2, 0.25) is 5.28 Å². The van der Waals surface area contributed by atoms with Crippen LogP contribution in [-0.4, -0.2) is 17.0 Å². The highest BCUT2D eigenvalue weighted by molar-refractivity contribution is 6.28. The first-order chi connectivity index (χ1) is 9.29. The van der Waals surface area contributed by atoms with Gasteiger partial charge in [-0.05, 0) is 35.9 Å². The first-order valence-electron chi connectivity index (χ1n) is 5.48. The molecule has 1 aromatic carbocycles. The van der Waals surface area contributed by atoms with Crippen LogP contribution < -0.4 is 10.6 Å². The van der Waals surface area contributed by atoms with Gasteiger partial charge in [-0.15, -0.1) is 0 Å². The molecule has 0 aliphatic carbocycles. The predicted molar refractivity (Wildman–Crippen MR) is 71.0 cm³/mol. The van der Waals surface area contributed by atoms with Crippen LogP contribution in [0.5, 0.6) is 0 Å². The van der Waals surface area contributed by atoms with Crippen molar-refractivity contribution in [2.75, 3.05) is 17.7 Å². The van der Waals surface area contributed by atoms with E-state index in [4.69, 9.17) is 17.3 Å². The Morgan fingerprint density at radius 2 is 1.80 bits per heavy atom. The number of nitrogens with zero attached hydrogens (tertiary/aromatic N) is 3. The predicted octanol–water partition coefficient (Wildman–Crippen LogP) is 3.50. The molecule has 0 bridgehead atoms. The molecule has 2 rings (SSSR count). The second-order valence-electron chi connectivity index (χ2n) is 4.02. The maximum Gasteiger partial charge on any atom is 0.421 e. The number of anilines is 3. The number of hydrogen-bond acceptors (Lipinski definition) is 4. The van der Waals surface area contributed by atoms with E-state index < -0.39 is 11.7 Å². The quantitative estimate of drug-likeness (QED) is 0.681. The SMILES string of the molecule is CN(c1ccc(N)cc1)c1nc(Cl)ncc1C(F)(F)F. The lowest BCUT2D eigenvalue weighted by molar-refractivity contribution is -0.137. The Balaban J connectivity index is 2.50. The second kappa shape index (κ2) is 5.16. The smallest absolute Gasteiger partial charge is 0.399 e. The number of rotatable bonds is 2. The standard InChI is InChI=1S/C12H10ClF3N4/c1-20(8-4-2-7(17)3-5-8)10-9(12(14,15)16)6-18-11(13)19-10/h2-6H,17H2,1H3. The van der Waals surface area contributed by atoms with E-state index in [1.165, 1.54) is 11.9 Å². The lowest BCUT2D eigenvalue weighted by Crippen LogP contribution is -2.18. The van der Waals surface area contributed by atoms with Crippen LogP contribution in [0.1, 0.15) is 5.56 Å². The van der Waals surface area contributed by atoms with Crippen LogP contribution in [0.15, 0.2) is 30.5 Å². The van der Waals surface area contributed by atoms with Crippen molar-refractivity contribution in [2.24, 2.45) is 0 Å². The first-order valence-corrected chi connectivity index (χ1v) is 5.86. The molecule has 2 N–H and O–H groups in total. The average molecular weight is 303 g/mol. The van der Waals surface area contributed by atoms with E-state index in [0.29, 0.717) is 17.6 Å². The monoisotopic (exact) mass is 302 g/mol. The molecule has 2 aromatic rings. The number of nitrogen functional groups attached to an aromatic ring is 1. The summed E-state index contributed by atoms with van der Waals surface area (Å²) in [5.41, 5.74) is 5.60. The van der Waals surface area contributed by atoms with Crippen LogP contribution in [0.2, 0.25) is 5.28 Å². The molecule has 0 radical (unpaired) electrons. The number of aromatic nitrogens is 2. The van der Waals surface area contributed by atoms with Gasteiger partial charge in [0.05, 0.1) is 0 Å². The molecule has 0 fully saturated rings. The molecule has 0 amide bonds. The minimum atomic E-state index is -4.57. The maximum atomic E-state index is 13.0. The third-order valence-electron chi connectivity index (χ3n) is 2.64. The van der Waals surface area contributed by atoms with Crippen LogP contribution in [0.3, 0.4) is 0 Å². The van der Waals surface area contributed by atoms with Crippen molar-refractivity contribution in [3.63, 3.8) is 0 Å². The van der Waals surface area contributed by atoms with Gasteiger partial charge in [-0.1, -0.05) is 0 Å². The van der Waals surface area contributed by atoms with E-state index in [9.17, 15) is 13.2 Å². The van der Waals surface area contributed by atoms with Crippen molar-refractivity contribution in [1.29, 1.82) is 0 Å². The summed E-state index contributed by atoms with van der Waals surface area (Å²) in [6.07, 6.45) is -3.90. The Morgan fingerprint density at radius 1 is 1.20 bits per heavy atom. The minimum Gasteiger partial charge on any atom is -0.399 e. The fraction of sp³-hybridized carbons (Fsp3) is 0.167. The Hall–Kier alpha value is -2.02. The highest BCUT2D eigenvalue weighted by Gasteiger charge is 2.36. The minimum absolute atomic E-state index is 0.254. The van der Waals surface area contributed by atoms with Gasteiger partial charge in [0.15, 0.2) is 0 Å². The zero-order valence-electron chi connectivity index (χ0n) is 10.3. The lowest BCUT2D eigenvalue weighted by atomic mass is 10.2. The molecule has 0 saturated carbocycles. The van der Waals surface area contributed by atoms with Crippen LogP contribution in [0, 0.1) is 0 Å². The number of halogens is 4. The van der Waals surface area contributed by atoms with E-state index in [-0.39, 0.29) is 11.1 Å². The maximum absolute atomic E-state index is 13.0. The van der Waals surface area contributed by atoms with E-state index in [1.54, 1.807) is 24.3 Å². The number of benzene rings is 1. The summed E-state index contributed by atoms with van der Waals surface area (Å²) in [5.74, 6) is -0.317. The fourth-order valence-corrected chi connectivity index (χ4v) is 1.76. The van der Waals surface area contributed by atoms with Crippen LogP contribution in [0.25, 0.3) is 0 Å². The van der Waals surface area contributed by atoms with E-state index in [2.05, 4.69) is 9.97 Å². The Labute approximate surface area is 118 Å². The molecule has 20 heavy (non-hydrogen) atoms. The van der Waals surface area contributed by atoms with E-state index in [1.807, 2.05) is 0 Å². The third kappa shape index (κ3) is 2.93. The van der Waals surface area contributed by atoms with Crippen LogP contribution in [-0.2, 0) is 6.18 Å². The van der Waals surface area contributed by atoms with Crippen LogP contribution >= 0.6 is 11.6 Å². The summed E-state index contributed by atoms with van der Waals surface area (Å²) in [7, 11) is 1.46. The molecule has 0 saturated heterocycles. The van der Waals surface area contributed by atoms with Gasteiger partial charge < -0.3 is 10.6 Å². The number of nitrogens with two attached hydrogens (primary N) is 1. The molecule has 1 heterocycles. The molecular weight excluding hydrogens is 293 g/mol. The Kier molecular flexibility index (Phi) is 3.71. The van der Waals surface area contributed by atoms with Gasteiger partial charge in [0, 0.05) is 24.6 Å². The number of alkyl halides is 3. The normalized spacial score (nSPS) is 11.4. The fourth-order valence-electron chi connectivity index (χ4n) is 1.63. The summed E-state index contributed by atoms with van der Waals surface area (Å²) in [4.78, 5) is 8.33. The molecule has 4 nitrogen and oxygen atoms in total. The topological polar surface area (TPSA) is 55.0 Å². The van der Waals surface area contributed by atoms with Gasteiger partial charge in [-0.3, -0.25) is 0 Å². The largest absolute Gasteiger partial charge is 0.421 e. The van der Waals surface area contributed by atoms with Gasteiger partial charge in [0.25, 0.3) is 0 Å². The highest BCUT2D eigenvalue weighted by Crippen LogP contribution is 2.37. The van der Waals surface area contributed by atoms with E-state index in [0.717, 1.165) is 0 Å². The molecule has 0 unspecified atom stereocenters. The van der Waals surface area contributed by atoms with Crippen molar-refractivity contribution in [1.82, 2.24) is 9.97 Å². The third-order valence-corrected chi connectivity index (χ3v) is 2.82. The summed E-state index contributed by atoms with van der Waals surface area (Å²) >= 11 is 5.59. The molecule has 0 aliphatic rings. The zero-order valence-corrected chi connectivity index (χ0v) is 11.1. The molecular formula is C12H10ClF3N4. The van der Waals surface area contributed by atoms with Crippen molar-refractivity contribution in [3.8, 4) is 0 Å².